The summed E-state index contributed by atoms with van der Waals surface area (Å²) in [5.41, 5.74) is 0. The minimum absolute atomic E-state index is 0.524. The average Bonchev–Trinajstić information content (AvgIpc) is 2.63. The van der Waals surface area contributed by atoms with Crippen LogP contribution < -0.4 is 10.6 Å². The van der Waals surface area contributed by atoms with Crippen LogP contribution in [0.25, 0.3) is 0 Å². The molecule has 2 saturated carbocycles. The molecule has 0 unspecified atom stereocenters. The van der Waals surface area contributed by atoms with E-state index in [2.05, 4.69) is 41.5 Å². The molecular formula is C20H35N5. The summed E-state index contributed by atoms with van der Waals surface area (Å²) in [6.45, 7) is 4.70. The lowest BCUT2D eigenvalue weighted by Gasteiger charge is -2.31. The lowest BCUT2D eigenvalue weighted by molar-refractivity contribution is 0.266. The molecule has 3 rings (SSSR count). The van der Waals surface area contributed by atoms with Gasteiger partial charge in [-0.2, -0.15) is 4.98 Å². The standard InChI is InChI=1S/C20H35N5/c1-14(2)16-6-10-18(11-7-16)24-20-23-13-22-19(25-20)12-15-4-8-17(21-3)9-5-15/h13-18,21H,4-12H2,1-3H3,(H,22,23,24,25). The van der Waals surface area contributed by atoms with E-state index >= 15 is 0 Å². The molecule has 5 heteroatoms. The first kappa shape index (κ1) is 18.6. The van der Waals surface area contributed by atoms with E-state index in [-0.39, 0.29) is 0 Å². The zero-order valence-corrected chi connectivity index (χ0v) is 16.2. The van der Waals surface area contributed by atoms with Crippen molar-refractivity contribution in [2.45, 2.75) is 83.7 Å². The Morgan fingerprint density at radius 1 is 0.960 bits per heavy atom. The monoisotopic (exact) mass is 345 g/mol. The third-order valence-electron chi connectivity index (χ3n) is 6.40. The van der Waals surface area contributed by atoms with Crippen LogP contribution in [-0.2, 0) is 6.42 Å². The van der Waals surface area contributed by atoms with Gasteiger partial charge in [0, 0.05) is 18.5 Å². The molecule has 140 valence electrons. The maximum absolute atomic E-state index is 4.71. The molecule has 0 spiro atoms. The minimum Gasteiger partial charge on any atom is -0.351 e. The smallest absolute Gasteiger partial charge is 0.226 e. The van der Waals surface area contributed by atoms with Gasteiger partial charge in [0.15, 0.2) is 0 Å². The van der Waals surface area contributed by atoms with E-state index in [4.69, 9.17) is 4.98 Å². The molecule has 0 aliphatic heterocycles. The highest BCUT2D eigenvalue weighted by molar-refractivity contribution is 5.25. The molecule has 0 saturated heterocycles. The maximum atomic E-state index is 4.71. The van der Waals surface area contributed by atoms with Gasteiger partial charge in [0.2, 0.25) is 5.95 Å². The lowest BCUT2D eigenvalue weighted by atomic mass is 9.80. The molecule has 0 amide bonds. The van der Waals surface area contributed by atoms with Crippen LogP contribution in [0.2, 0.25) is 0 Å². The van der Waals surface area contributed by atoms with Crippen LogP contribution in [0.5, 0.6) is 0 Å². The molecule has 0 radical (unpaired) electrons. The van der Waals surface area contributed by atoms with E-state index in [1.54, 1.807) is 6.33 Å². The van der Waals surface area contributed by atoms with Crippen LogP contribution in [0.15, 0.2) is 6.33 Å². The second-order valence-electron chi connectivity index (χ2n) is 8.44. The molecule has 1 aromatic heterocycles. The molecule has 5 nitrogen and oxygen atoms in total. The zero-order chi connectivity index (χ0) is 17.6. The van der Waals surface area contributed by atoms with Crippen molar-refractivity contribution in [1.82, 2.24) is 20.3 Å². The van der Waals surface area contributed by atoms with Gasteiger partial charge in [-0.25, -0.2) is 9.97 Å². The van der Waals surface area contributed by atoms with Crippen LogP contribution in [0.3, 0.4) is 0 Å². The van der Waals surface area contributed by atoms with Gasteiger partial charge in [-0.3, -0.25) is 0 Å². The lowest BCUT2D eigenvalue weighted by Crippen LogP contribution is -2.31. The van der Waals surface area contributed by atoms with Gasteiger partial charge in [0.05, 0.1) is 0 Å². The second kappa shape index (κ2) is 8.93. The molecule has 1 aromatic rings. The predicted molar refractivity (Wildman–Crippen MR) is 103 cm³/mol. The number of hydrogen-bond acceptors (Lipinski definition) is 5. The summed E-state index contributed by atoms with van der Waals surface area (Å²) >= 11 is 0. The molecule has 25 heavy (non-hydrogen) atoms. The van der Waals surface area contributed by atoms with Crippen LogP contribution in [0.4, 0.5) is 5.95 Å². The van der Waals surface area contributed by atoms with Gasteiger partial charge in [0.25, 0.3) is 0 Å². The van der Waals surface area contributed by atoms with E-state index in [0.29, 0.717) is 12.1 Å². The number of rotatable bonds is 6. The molecule has 1 heterocycles. The Hall–Kier alpha value is -1.23. The highest BCUT2D eigenvalue weighted by Gasteiger charge is 2.24. The fourth-order valence-corrected chi connectivity index (χ4v) is 4.52. The Bertz CT molecular complexity index is 517. The topological polar surface area (TPSA) is 62.7 Å². The minimum atomic E-state index is 0.524. The largest absolute Gasteiger partial charge is 0.351 e. The van der Waals surface area contributed by atoms with E-state index in [1.165, 1.54) is 51.4 Å². The molecule has 0 aromatic carbocycles. The van der Waals surface area contributed by atoms with Gasteiger partial charge >= 0.3 is 0 Å². The first-order chi connectivity index (χ1) is 12.1. The molecule has 0 atom stereocenters. The molecule has 2 N–H and O–H groups in total. The highest BCUT2D eigenvalue weighted by atomic mass is 15.2. The number of aromatic nitrogens is 3. The summed E-state index contributed by atoms with van der Waals surface area (Å²) in [5.74, 6) is 4.16. The Labute approximate surface area is 152 Å². The summed E-state index contributed by atoms with van der Waals surface area (Å²) in [7, 11) is 2.07. The number of hydrogen-bond donors (Lipinski definition) is 2. The van der Waals surface area contributed by atoms with Gasteiger partial charge in [0.1, 0.15) is 12.2 Å². The number of nitrogens with zero attached hydrogens (tertiary/aromatic N) is 3. The van der Waals surface area contributed by atoms with Crippen molar-refractivity contribution in [3.63, 3.8) is 0 Å². The summed E-state index contributed by atoms with van der Waals surface area (Å²) in [5, 5.41) is 6.96. The zero-order valence-electron chi connectivity index (χ0n) is 16.2. The van der Waals surface area contributed by atoms with E-state index in [1.807, 2.05) is 0 Å². The van der Waals surface area contributed by atoms with Crippen molar-refractivity contribution in [1.29, 1.82) is 0 Å². The van der Waals surface area contributed by atoms with Crippen LogP contribution >= 0.6 is 0 Å². The Morgan fingerprint density at radius 3 is 2.28 bits per heavy atom. The first-order valence-corrected chi connectivity index (χ1v) is 10.3. The highest BCUT2D eigenvalue weighted by Crippen LogP contribution is 2.31. The fraction of sp³-hybridized carbons (Fsp3) is 0.850. The molecule has 2 fully saturated rings. The van der Waals surface area contributed by atoms with Crippen molar-refractivity contribution < 1.29 is 0 Å². The van der Waals surface area contributed by atoms with Crippen LogP contribution in [-0.4, -0.2) is 34.1 Å². The first-order valence-electron chi connectivity index (χ1n) is 10.3. The van der Waals surface area contributed by atoms with Crippen molar-refractivity contribution in [2.24, 2.45) is 17.8 Å². The van der Waals surface area contributed by atoms with E-state index in [9.17, 15) is 0 Å². The summed E-state index contributed by atoms with van der Waals surface area (Å²) in [6.07, 6.45) is 12.9. The predicted octanol–water partition coefficient (Wildman–Crippen LogP) is 3.82. The average molecular weight is 346 g/mol. The van der Waals surface area contributed by atoms with Gasteiger partial charge in [-0.05, 0) is 76.2 Å². The molecular weight excluding hydrogens is 310 g/mol. The number of nitrogens with one attached hydrogen (secondary N) is 2. The van der Waals surface area contributed by atoms with Gasteiger partial charge in [-0.1, -0.05) is 13.8 Å². The Morgan fingerprint density at radius 2 is 1.64 bits per heavy atom. The van der Waals surface area contributed by atoms with Crippen molar-refractivity contribution in [3.8, 4) is 0 Å². The van der Waals surface area contributed by atoms with E-state index < -0.39 is 0 Å². The molecule has 2 aliphatic rings. The van der Waals surface area contributed by atoms with Crippen molar-refractivity contribution >= 4 is 5.95 Å². The normalized spacial score (nSPS) is 30.4. The number of anilines is 1. The Kier molecular flexibility index (Phi) is 6.63. The summed E-state index contributed by atoms with van der Waals surface area (Å²) in [4.78, 5) is 13.5. The van der Waals surface area contributed by atoms with E-state index in [0.717, 1.165) is 35.9 Å². The SMILES string of the molecule is CNC1CCC(Cc2ncnc(NC3CCC(C(C)C)CC3)n2)CC1. The van der Waals surface area contributed by atoms with Gasteiger partial charge in [-0.15, -0.1) is 0 Å². The molecule has 0 bridgehead atoms. The molecule has 2 aliphatic carbocycles. The van der Waals surface area contributed by atoms with Crippen molar-refractivity contribution in [3.05, 3.63) is 12.2 Å². The third kappa shape index (κ3) is 5.37. The second-order valence-corrected chi connectivity index (χ2v) is 8.44. The quantitative estimate of drug-likeness (QED) is 0.821. The van der Waals surface area contributed by atoms with Crippen molar-refractivity contribution in [2.75, 3.05) is 12.4 Å². The van der Waals surface area contributed by atoms with Gasteiger partial charge < -0.3 is 10.6 Å². The Balaban J connectivity index is 1.49. The third-order valence-corrected chi connectivity index (χ3v) is 6.40. The maximum Gasteiger partial charge on any atom is 0.226 e. The van der Waals surface area contributed by atoms with Crippen LogP contribution in [0.1, 0.15) is 71.0 Å². The summed E-state index contributed by atoms with van der Waals surface area (Å²) in [6, 6.07) is 1.23. The summed E-state index contributed by atoms with van der Waals surface area (Å²) < 4.78 is 0. The fourth-order valence-electron chi connectivity index (χ4n) is 4.52. The van der Waals surface area contributed by atoms with Crippen LogP contribution in [0, 0.1) is 17.8 Å².